The van der Waals surface area contributed by atoms with E-state index in [2.05, 4.69) is 30.9 Å². The van der Waals surface area contributed by atoms with E-state index in [4.69, 9.17) is 10.6 Å². The summed E-state index contributed by atoms with van der Waals surface area (Å²) >= 11 is 0. The zero-order valence-corrected chi connectivity index (χ0v) is 20.3. The Morgan fingerprint density at radius 2 is 1.59 bits per heavy atom. The van der Waals surface area contributed by atoms with Crippen molar-refractivity contribution < 1.29 is 9.53 Å². The molecule has 2 aromatic carbocycles. The summed E-state index contributed by atoms with van der Waals surface area (Å²) in [5, 5.41) is 4.47. The van der Waals surface area contributed by atoms with Gasteiger partial charge in [0.25, 0.3) is 5.56 Å². The quantitative estimate of drug-likeness (QED) is 0.435. The van der Waals surface area contributed by atoms with Gasteiger partial charge in [0, 0.05) is 17.3 Å². The SMILES string of the molecule is CC(C)(C)OC(=O)n1cc(-c2ccc3nc(-c4ccc(C(C)(C)C)cc4)n(N)c(=O)c3c2)cn1. The zero-order valence-electron chi connectivity index (χ0n) is 20.3. The number of nitrogen functional groups attached to an aromatic ring is 1. The third-order valence-corrected chi connectivity index (χ3v) is 5.41. The lowest BCUT2D eigenvalue weighted by atomic mass is 9.86. The molecule has 0 radical (unpaired) electrons. The molecule has 2 aromatic heterocycles. The van der Waals surface area contributed by atoms with Crippen LogP contribution in [0.25, 0.3) is 33.4 Å². The maximum Gasteiger partial charge on any atom is 0.435 e. The molecule has 0 aliphatic rings. The summed E-state index contributed by atoms with van der Waals surface area (Å²) < 4.78 is 7.55. The lowest BCUT2D eigenvalue weighted by Gasteiger charge is -2.19. The maximum atomic E-state index is 13.1. The number of hydrogen-bond acceptors (Lipinski definition) is 6. The van der Waals surface area contributed by atoms with Crippen molar-refractivity contribution >= 4 is 17.0 Å². The monoisotopic (exact) mass is 459 g/mol. The van der Waals surface area contributed by atoms with Gasteiger partial charge in [0.2, 0.25) is 0 Å². The molecule has 0 saturated carbocycles. The molecule has 0 aliphatic heterocycles. The van der Waals surface area contributed by atoms with Crippen molar-refractivity contribution in [2.24, 2.45) is 0 Å². The van der Waals surface area contributed by atoms with Gasteiger partial charge in [-0.05, 0) is 49.4 Å². The number of nitrogens with two attached hydrogens (primary N) is 1. The highest BCUT2D eigenvalue weighted by atomic mass is 16.6. The van der Waals surface area contributed by atoms with Crippen molar-refractivity contribution in [3.63, 3.8) is 0 Å². The predicted octanol–water partition coefficient (Wildman–Crippen LogP) is 4.72. The van der Waals surface area contributed by atoms with Gasteiger partial charge < -0.3 is 10.6 Å². The highest BCUT2D eigenvalue weighted by Crippen LogP contribution is 2.27. The standard InChI is InChI=1S/C26H29N5O3/c1-25(2,3)19-10-7-16(8-11-19)22-29-21-12-9-17(13-20(21)23(32)31(22)27)18-14-28-30(15-18)24(33)34-26(4,5)6/h7-15H,27H2,1-6H3. The van der Waals surface area contributed by atoms with E-state index in [0.29, 0.717) is 27.9 Å². The number of ether oxygens (including phenoxy) is 1. The summed E-state index contributed by atoms with van der Waals surface area (Å²) in [6, 6.07) is 13.2. The van der Waals surface area contributed by atoms with Crippen LogP contribution in [0.3, 0.4) is 0 Å². The molecule has 4 aromatic rings. The van der Waals surface area contributed by atoms with E-state index in [-0.39, 0.29) is 11.0 Å². The van der Waals surface area contributed by atoms with Crippen molar-refractivity contribution in [1.29, 1.82) is 0 Å². The summed E-state index contributed by atoms with van der Waals surface area (Å²) in [6.07, 6.45) is 2.53. The van der Waals surface area contributed by atoms with Crippen LogP contribution in [-0.4, -0.2) is 31.1 Å². The van der Waals surface area contributed by atoms with Crippen molar-refractivity contribution in [3.8, 4) is 22.5 Å². The molecule has 8 heteroatoms. The Hall–Kier alpha value is -3.94. The Morgan fingerprint density at radius 1 is 0.941 bits per heavy atom. The largest absolute Gasteiger partial charge is 0.442 e. The van der Waals surface area contributed by atoms with Crippen LogP contribution in [0, 0.1) is 0 Å². The number of nitrogens with zero attached hydrogens (tertiary/aromatic N) is 4. The number of fused-ring (bicyclic) bond motifs is 1. The second kappa shape index (κ2) is 8.13. The molecule has 0 unspecified atom stereocenters. The molecule has 0 amide bonds. The Kier molecular flexibility index (Phi) is 5.55. The molecule has 34 heavy (non-hydrogen) atoms. The van der Waals surface area contributed by atoms with Crippen LogP contribution in [0.1, 0.15) is 47.1 Å². The Balaban J connectivity index is 1.71. The van der Waals surface area contributed by atoms with Gasteiger partial charge in [-0.3, -0.25) is 4.79 Å². The molecule has 0 spiro atoms. The first-order valence-electron chi connectivity index (χ1n) is 11.0. The predicted molar refractivity (Wildman–Crippen MR) is 133 cm³/mol. The highest BCUT2D eigenvalue weighted by molar-refractivity contribution is 5.85. The zero-order chi connectivity index (χ0) is 24.8. The summed E-state index contributed by atoms with van der Waals surface area (Å²) in [6.45, 7) is 11.8. The number of hydrogen-bond donors (Lipinski definition) is 1. The van der Waals surface area contributed by atoms with Gasteiger partial charge in [0.15, 0.2) is 5.82 Å². The normalized spacial score (nSPS) is 12.2. The molecular weight excluding hydrogens is 430 g/mol. The van der Waals surface area contributed by atoms with Crippen molar-refractivity contribution in [2.75, 3.05) is 5.84 Å². The lowest BCUT2D eigenvalue weighted by molar-refractivity contribution is 0.0514. The summed E-state index contributed by atoms with van der Waals surface area (Å²) in [5.41, 5.74) is 2.88. The molecule has 0 fully saturated rings. The number of benzene rings is 2. The lowest BCUT2D eigenvalue weighted by Crippen LogP contribution is -2.30. The van der Waals surface area contributed by atoms with Gasteiger partial charge in [0.1, 0.15) is 5.60 Å². The summed E-state index contributed by atoms with van der Waals surface area (Å²) in [7, 11) is 0. The third kappa shape index (κ3) is 4.57. The minimum absolute atomic E-state index is 0.0193. The Bertz CT molecular complexity index is 1430. The molecule has 2 N–H and O–H groups in total. The van der Waals surface area contributed by atoms with Crippen molar-refractivity contribution in [1.82, 2.24) is 19.4 Å². The molecule has 176 valence electrons. The van der Waals surface area contributed by atoms with Gasteiger partial charge in [-0.25, -0.2) is 14.5 Å². The van der Waals surface area contributed by atoms with Gasteiger partial charge in [0.05, 0.1) is 17.1 Å². The average Bonchev–Trinajstić information content (AvgIpc) is 3.25. The van der Waals surface area contributed by atoms with E-state index in [1.165, 1.54) is 5.56 Å². The fraction of sp³-hybridized carbons (Fsp3) is 0.308. The molecule has 0 saturated heterocycles. The van der Waals surface area contributed by atoms with E-state index >= 15 is 0 Å². The molecule has 2 heterocycles. The van der Waals surface area contributed by atoms with Crippen LogP contribution in [0.4, 0.5) is 4.79 Å². The maximum absolute atomic E-state index is 13.1. The summed E-state index contributed by atoms with van der Waals surface area (Å²) in [5.74, 6) is 6.55. The van der Waals surface area contributed by atoms with E-state index < -0.39 is 11.7 Å². The van der Waals surface area contributed by atoms with Gasteiger partial charge in [-0.2, -0.15) is 9.78 Å². The number of rotatable bonds is 2. The second-order valence-corrected chi connectivity index (χ2v) is 10.3. The smallest absolute Gasteiger partial charge is 0.435 e. The minimum atomic E-state index is -0.630. The minimum Gasteiger partial charge on any atom is -0.442 e. The van der Waals surface area contributed by atoms with Crippen LogP contribution >= 0.6 is 0 Å². The molecule has 8 nitrogen and oxygen atoms in total. The molecular formula is C26H29N5O3. The van der Waals surface area contributed by atoms with Crippen LogP contribution in [0.15, 0.2) is 59.7 Å². The van der Waals surface area contributed by atoms with Crippen LogP contribution in [0.5, 0.6) is 0 Å². The second-order valence-electron chi connectivity index (χ2n) is 10.3. The van der Waals surface area contributed by atoms with Crippen LogP contribution in [0.2, 0.25) is 0 Å². The molecule has 4 rings (SSSR count). The number of carbonyl (C=O) groups excluding carboxylic acids is 1. The first-order chi connectivity index (χ1) is 15.8. The van der Waals surface area contributed by atoms with E-state index in [0.717, 1.165) is 14.9 Å². The fourth-order valence-corrected chi connectivity index (χ4v) is 3.58. The Labute approximate surface area is 198 Å². The molecule has 0 bridgehead atoms. The number of carbonyl (C=O) groups is 1. The molecule has 0 aliphatic carbocycles. The third-order valence-electron chi connectivity index (χ3n) is 5.41. The van der Waals surface area contributed by atoms with E-state index in [1.807, 2.05) is 30.3 Å². The van der Waals surface area contributed by atoms with Crippen LogP contribution < -0.4 is 11.4 Å². The van der Waals surface area contributed by atoms with Gasteiger partial charge in [-0.1, -0.05) is 51.1 Å². The highest BCUT2D eigenvalue weighted by Gasteiger charge is 2.19. The first kappa shape index (κ1) is 23.2. The topological polar surface area (TPSA) is 105 Å². The van der Waals surface area contributed by atoms with Gasteiger partial charge in [-0.15, -0.1) is 0 Å². The first-order valence-corrected chi connectivity index (χ1v) is 11.0. The van der Waals surface area contributed by atoms with Gasteiger partial charge >= 0.3 is 6.09 Å². The number of aromatic nitrogens is 4. The van der Waals surface area contributed by atoms with Crippen molar-refractivity contribution in [2.45, 2.75) is 52.6 Å². The van der Waals surface area contributed by atoms with E-state index in [1.54, 1.807) is 45.3 Å². The van der Waals surface area contributed by atoms with E-state index in [9.17, 15) is 9.59 Å². The molecule has 0 atom stereocenters. The van der Waals surface area contributed by atoms with Crippen molar-refractivity contribution in [3.05, 3.63) is 70.8 Å². The fourth-order valence-electron chi connectivity index (χ4n) is 3.58. The Morgan fingerprint density at radius 3 is 2.21 bits per heavy atom. The average molecular weight is 460 g/mol. The van der Waals surface area contributed by atoms with Crippen LogP contribution in [-0.2, 0) is 10.2 Å². The summed E-state index contributed by atoms with van der Waals surface area (Å²) in [4.78, 5) is 30.0.